The van der Waals surface area contributed by atoms with Gasteiger partial charge in [0.1, 0.15) is 6.61 Å². The van der Waals surface area contributed by atoms with E-state index in [1.54, 1.807) is 7.11 Å². The van der Waals surface area contributed by atoms with Gasteiger partial charge in [0.15, 0.2) is 5.78 Å². The Morgan fingerprint density at radius 1 is 0.974 bits per heavy atom. The SMILES string of the molecule is COCCOC(=O)CCC=CCC[C@H]1[C@@H](OCc2ccc(-c3ccccc3)cc2)CC(=O)[C@@H]1N1CCOCC1. The Labute approximate surface area is 232 Å². The molecule has 39 heavy (non-hydrogen) atoms. The number of allylic oxidation sites excluding steroid dienone is 2. The van der Waals surface area contributed by atoms with Crippen LogP contribution >= 0.6 is 0 Å². The molecule has 2 fully saturated rings. The van der Waals surface area contributed by atoms with E-state index in [-0.39, 0.29) is 36.4 Å². The fourth-order valence-electron chi connectivity index (χ4n) is 5.43. The number of hydrogen-bond acceptors (Lipinski definition) is 7. The first kappa shape index (κ1) is 29.2. The summed E-state index contributed by atoms with van der Waals surface area (Å²) >= 11 is 0. The number of hydrogen-bond donors (Lipinski definition) is 0. The van der Waals surface area contributed by atoms with Gasteiger partial charge in [0.25, 0.3) is 0 Å². The monoisotopic (exact) mass is 535 g/mol. The average Bonchev–Trinajstić information content (AvgIpc) is 3.29. The lowest BCUT2D eigenvalue weighted by Gasteiger charge is -2.35. The Hall–Kier alpha value is -2.84. The lowest BCUT2D eigenvalue weighted by Crippen LogP contribution is -2.49. The third-order valence-electron chi connectivity index (χ3n) is 7.48. The first-order valence-corrected chi connectivity index (χ1v) is 14.1. The van der Waals surface area contributed by atoms with Crippen molar-refractivity contribution in [2.75, 3.05) is 46.6 Å². The minimum atomic E-state index is -0.212. The normalized spacial score (nSPS) is 22.0. The van der Waals surface area contributed by atoms with Crippen LogP contribution in [0.1, 0.15) is 37.7 Å². The standard InChI is InChI=1S/C32H41NO6/c1-36-21-22-38-31(35)12-8-3-2-7-11-28-30(23-29(34)32(28)33-17-19-37-20-18-33)39-24-25-13-15-27(16-14-25)26-9-5-4-6-10-26/h2-6,9-10,13-16,28,30,32H,7-8,11-12,17-24H2,1H3/t28-,30-,32+/m0/s1. The van der Waals surface area contributed by atoms with E-state index >= 15 is 0 Å². The van der Waals surface area contributed by atoms with Crippen LogP contribution in [-0.4, -0.2) is 75.4 Å². The van der Waals surface area contributed by atoms with Gasteiger partial charge in [-0.1, -0.05) is 66.7 Å². The van der Waals surface area contributed by atoms with Gasteiger partial charge in [-0.2, -0.15) is 0 Å². The lowest BCUT2D eigenvalue weighted by molar-refractivity contribution is -0.144. The van der Waals surface area contributed by atoms with Crippen LogP contribution in [0.3, 0.4) is 0 Å². The van der Waals surface area contributed by atoms with Crippen molar-refractivity contribution in [2.45, 2.75) is 50.9 Å². The summed E-state index contributed by atoms with van der Waals surface area (Å²) in [5.74, 6) is 0.188. The van der Waals surface area contributed by atoms with Crippen LogP contribution in [-0.2, 0) is 35.1 Å². The third-order valence-corrected chi connectivity index (χ3v) is 7.48. The molecule has 210 valence electrons. The van der Waals surface area contributed by atoms with Crippen LogP contribution in [0.25, 0.3) is 11.1 Å². The smallest absolute Gasteiger partial charge is 0.306 e. The summed E-state index contributed by atoms with van der Waals surface area (Å²) in [5.41, 5.74) is 3.47. The summed E-state index contributed by atoms with van der Waals surface area (Å²) in [7, 11) is 1.58. The van der Waals surface area contributed by atoms with E-state index in [0.717, 1.165) is 31.5 Å². The molecular formula is C32H41NO6. The lowest BCUT2D eigenvalue weighted by atomic mass is 9.93. The van der Waals surface area contributed by atoms with Gasteiger partial charge in [0, 0.05) is 39.0 Å². The van der Waals surface area contributed by atoms with Gasteiger partial charge in [-0.25, -0.2) is 0 Å². The first-order valence-electron chi connectivity index (χ1n) is 14.1. The number of morpholine rings is 1. The number of nitrogens with zero attached hydrogens (tertiary/aromatic N) is 1. The molecule has 1 saturated heterocycles. The summed E-state index contributed by atoms with van der Waals surface area (Å²) < 4.78 is 22.0. The van der Waals surface area contributed by atoms with E-state index in [9.17, 15) is 9.59 Å². The molecule has 0 spiro atoms. The molecule has 7 nitrogen and oxygen atoms in total. The minimum Gasteiger partial charge on any atom is -0.463 e. The largest absolute Gasteiger partial charge is 0.463 e. The second-order valence-corrected chi connectivity index (χ2v) is 10.1. The number of ketones is 1. The number of rotatable bonds is 14. The van der Waals surface area contributed by atoms with Crippen LogP contribution in [0.2, 0.25) is 0 Å². The molecule has 0 unspecified atom stereocenters. The van der Waals surface area contributed by atoms with Crippen molar-refractivity contribution < 1.29 is 28.5 Å². The van der Waals surface area contributed by atoms with Gasteiger partial charge >= 0.3 is 5.97 Å². The summed E-state index contributed by atoms with van der Waals surface area (Å²) in [4.78, 5) is 27.2. The van der Waals surface area contributed by atoms with E-state index in [0.29, 0.717) is 45.7 Å². The quantitative estimate of drug-likeness (QED) is 0.195. The van der Waals surface area contributed by atoms with Gasteiger partial charge in [0.2, 0.25) is 0 Å². The zero-order valence-electron chi connectivity index (χ0n) is 23.0. The fourth-order valence-corrected chi connectivity index (χ4v) is 5.43. The second-order valence-electron chi connectivity index (χ2n) is 10.1. The van der Waals surface area contributed by atoms with Crippen LogP contribution < -0.4 is 0 Å². The zero-order valence-corrected chi connectivity index (χ0v) is 23.0. The number of carbonyl (C=O) groups excluding carboxylic acids is 2. The van der Waals surface area contributed by atoms with Gasteiger partial charge in [-0.15, -0.1) is 0 Å². The van der Waals surface area contributed by atoms with Crippen LogP contribution in [0.4, 0.5) is 0 Å². The van der Waals surface area contributed by atoms with E-state index in [4.69, 9.17) is 18.9 Å². The highest BCUT2D eigenvalue weighted by Crippen LogP contribution is 2.35. The molecule has 1 saturated carbocycles. The van der Waals surface area contributed by atoms with Crippen molar-refractivity contribution in [1.82, 2.24) is 4.90 Å². The average molecular weight is 536 g/mol. The highest BCUT2D eigenvalue weighted by atomic mass is 16.6. The number of methoxy groups -OCH3 is 1. The van der Waals surface area contributed by atoms with Crippen molar-refractivity contribution in [2.24, 2.45) is 5.92 Å². The molecule has 2 aliphatic rings. The Morgan fingerprint density at radius 2 is 1.69 bits per heavy atom. The maximum Gasteiger partial charge on any atom is 0.306 e. The number of Topliss-reactive ketones (excluding diaryl/α,β-unsaturated/α-hetero) is 1. The van der Waals surface area contributed by atoms with Crippen molar-refractivity contribution in [3.05, 3.63) is 72.3 Å². The zero-order chi connectivity index (χ0) is 27.3. The molecule has 0 N–H and O–H groups in total. The topological polar surface area (TPSA) is 74.3 Å². The Morgan fingerprint density at radius 3 is 2.44 bits per heavy atom. The molecule has 1 heterocycles. The highest BCUT2D eigenvalue weighted by molar-refractivity contribution is 5.87. The van der Waals surface area contributed by atoms with Crippen molar-refractivity contribution in [3.8, 4) is 11.1 Å². The Balaban J connectivity index is 1.31. The number of carbonyl (C=O) groups is 2. The minimum absolute atomic E-state index is 0.108. The molecule has 0 amide bonds. The molecule has 2 aromatic rings. The predicted octanol–water partition coefficient (Wildman–Crippen LogP) is 4.83. The molecule has 1 aliphatic heterocycles. The van der Waals surface area contributed by atoms with Crippen molar-refractivity contribution in [3.63, 3.8) is 0 Å². The summed E-state index contributed by atoms with van der Waals surface area (Å²) in [5, 5.41) is 0. The van der Waals surface area contributed by atoms with Crippen LogP contribution in [0.15, 0.2) is 66.7 Å². The fraction of sp³-hybridized carbons (Fsp3) is 0.500. The van der Waals surface area contributed by atoms with Gasteiger partial charge in [-0.3, -0.25) is 14.5 Å². The molecule has 4 rings (SSSR count). The van der Waals surface area contributed by atoms with Crippen LogP contribution in [0.5, 0.6) is 0 Å². The van der Waals surface area contributed by atoms with E-state index in [1.165, 1.54) is 11.1 Å². The molecule has 0 bridgehead atoms. The van der Waals surface area contributed by atoms with Gasteiger partial charge < -0.3 is 18.9 Å². The maximum absolute atomic E-state index is 13.2. The first-order chi connectivity index (χ1) is 19.2. The van der Waals surface area contributed by atoms with E-state index in [1.807, 2.05) is 24.3 Å². The van der Waals surface area contributed by atoms with Crippen molar-refractivity contribution in [1.29, 1.82) is 0 Å². The highest BCUT2D eigenvalue weighted by Gasteiger charge is 2.45. The number of esters is 1. The molecule has 2 aromatic carbocycles. The molecule has 7 heteroatoms. The summed E-state index contributed by atoms with van der Waals surface area (Å²) in [6.45, 7) is 4.07. The number of benzene rings is 2. The van der Waals surface area contributed by atoms with Crippen LogP contribution in [0, 0.1) is 5.92 Å². The Bertz CT molecular complexity index is 1050. The van der Waals surface area contributed by atoms with Gasteiger partial charge in [0.05, 0.1) is 38.6 Å². The van der Waals surface area contributed by atoms with E-state index in [2.05, 4.69) is 47.4 Å². The molecule has 3 atom stereocenters. The van der Waals surface area contributed by atoms with E-state index < -0.39 is 0 Å². The van der Waals surface area contributed by atoms with Crippen molar-refractivity contribution >= 4 is 11.8 Å². The predicted molar refractivity (Wildman–Crippen MR) is 150 cm³/mol. The number of ether oxygens (including phenoxy) is 4. The molecule has 0 radical (unpaired) electrons. The molecular weight excluding hydrogens is 494 g/mol. The second kappa shape index (κ2) is 15.7. The maximum atomic E-state index is 13.2. The Kier molecular flexibility index (Phi) is 11.7. The summed E-state index contributed by atoms with van der Waals surface area (Å²) in [6, 6.07) is 18.7. The molecule has 1 aliphatic carbocycles. The molecule has 0 aromatic heterocycles. The summed E-state index contributed by atoms with van der Waals surface area (Å²) in [6.07, 6.45) is 7.18. The third kappa shape index (κ3) is 8.83. The van der Waals surface area contributed by atoms with Gasteiger partial charge in [-0.05, 0) is 36.0 Å².